The molecule has 0 radical (unpaired) electrons. The Morgan fingerprint density at radius 3 is 0.833 bits per heavy atom. The van der Waals surface area contributed by atoms with Crippen molar-refractivity contribution in [2.45, 2.75) is 386 Å². The largest absolute Gasteiger partial charge is 0.394 e. The van der Waals surface area contributed by atoms with E-state index in [1.54, 1.807) is 6.08 Å². The van der Waals surface area contributed by atoms with E-state index in [9.17, 15) is 15.0 Å². The predicted octanol–water partition coefficient (Wildman–Crippen LogP) is 22.4. The van der Waals surface area contributed by atoms with Gasteiger partial charge in [0.1, 0.15) is 0 Å². The van der Waals surface area contributed by atoms with Crippen LogP contribution in [0.1, 0.15) is 373 Å². The minimum absolute atomic E-state index is 0.0577. The lowest BCUT2D eigenvalue weighted by atomic mass is 10.0. The summed E-state index contributed by atoms with van der Waals surface area (Å²) >= 11 is 0. The van der Waals surface area contributed by atoms with E-state index in [2.05, 4.69) is 43.5 Å². The molecule has 0 bridgehead atoms. The van der Waals surface area contributed by atoms with Crippen LogP contribution < -0.4 is 5.32 Å². The van der Waals surface area contributed by atoms with Gasteiger partial charge in [0.05, 0.1) is 18.8 Å². The molecule has 0 spiro atoms. The zero-order valence-electron chi connectivity index (χ0n) is 49.2. The lowest BCUT2D eigenvalue weighted by Gasteiger charge is -2.20. The van der Waals surface area contributed by atoms with Crippen LogP contribution in [0, 0.1) is 0 Å². The average Bonchev–Trinajstić information content (AvgIpc) is 3.39. The second-order valence-electron chi connectivity index (χ2n) is 22.9. The molecule has 2 atom stereocenters. The number of carbonyl (C=O) groups excluding carboxylic acids is 1. The molecule has 0 fully saturated rings. The first-order valence-corrected chi connectivity index (χ1v) is 33.2. The van der Waals surface area contributed by atoms with E-state index in [4.69, 9.17) is 0 Å². The number of aliphatic hydroxyl groups excluding tert-OH is 2. The van der Waals surface area contributed by atoms with Gasteiger partial charge in [0.15, 0.2) is 0 Å². The maximum Gasteiger partial charge on any atom is 0.220 e. The molecule has 0 saturated heterocycles. The lowest BCUT2D eigenvalue weighted by molar-refractivity contribution is -0.123. The highest BCUT2D eigenvalue weighted by Crippen LogP contribution is 2.18. The summed E-state index contributed by atoms with van der Waals surface area (Å²) in [6, 6.07) is -0.622. The molecule has 2 unspecified atom stereocenters. The summed E-state index contributed by atoms with van der Waals surface area (Å²) in [5, 5.41) is 23.2. The predicted molar refractivity (Wildman–Crippen MR) is 322 cm³/mol. The smallest absolute Gasteiger partial charge is 0.220 e. The second-order valence-corrected chi connectivity index (χ2v) is 22.9. The van der Waals surface area contributed by atoms with Crippen LogP contribution in [-0.2, 0) is 4.79 Å². The number of carbonyl (C=O) groups is 1. The minimum atomic E-state index is -0.839. The van der Waals surface area contributed by atoms with Gasteiger partial charge in [-0.15, -0.1) is 0 Å². The maximum atomic E-state index is 12.5. The Kier molecular flexibility index (Phi) is 62.7. The summed E-state index contributed by atoms with van der Waals surface area (Å²) in [4.78, 5) is 12.5. The van der Waals surface area contributed by atoms with E-state index in [0.29, 0.717) is 6.42 Å². The molecule has 4 heteroatoms. The third kappa shape index (κ3) is 59.5. The van der Waals surface area contributed by atoms with Gasteiger partial charge in [0.25, 0.3) is 0 Å². The highest BCUT2D eigenvalue weighted by Gasteiger charge is 2.18. The van der Waals surface area contributed by atoms with Crippen LogP contribution in [0.5, 0.6) is 0 Å². The van der Waals surface area contributed by atoms with Crippen molar-refractivity contribution in [2.75, 3.05) is 6.61 Å². The van der Waals surface area contributed by atoms with Crippen LogP contribution >= 0.6 is 0 Å². The van der Waals surface area contributed by atoms with Crippen molar-refractivity contribution in [3.63, 3.8) is 0 Å². The van der Waals surface area contributed by atoms with Crippen LogP contribution in [0.2, 0.25) is 0 Å². The Morgan fingerprint density at radius 1 is 0.333 bits per heavy atom. The SMILES string of the molecule is CCCCCCCCCCCCCCCCC/C=C\C/C=C\CCCCCCCCCCCCCCCCCCCC(=O)NC(CO)C(O)/C=C/CCCCCCCCCCCCCCCCCCCCC. The molecule has 0 aromatic rings. The molecule has 0 heterocycles. The molecule has 0 aliphatic heterocycles. The van der Waals surface area contributed by atoms with Gasteiger partial charge in [-0.05, 0) is 51.4 Å². The molecule has 4 nitrogen and oxygen atoms in total. The fourth-order valence-electron chi connectivity index (χ4n) is 10.6. The van der Waals surface area contributed by atoms with Crippen molar-refractivity contribution in [2.24, 2.45) is 0 Å². The molecular weight excluding hydrogens is 879 g/mol. The molecule has 426 valence electrons. The average molecular weight is 1010 g/mol. The van der Waals surface area contributed by atoms with Crippen molar-refractivity contribution in [1.29, 1.82) is 0 Å². The molecular formula is C68H131NO3. The maximum absolute atomic E-state index is 12.5. The summed E-state index contributed by atoms with van der Waals surface area (Å²) in [7, 11) is 0. The summed E-state index contributed by atoms with van der Waals surface area (Å²) in [5.74, 6) is -0.0577. The highest BCUT2D eigenvalue weighted by molar-refractivity contribution is 5.76. The Balaban J connectivity index is 3.42. The van der Waals surface area contributed by atoms with Gasteiger partial charge in [-0.3, -0.25) is 4.79 Å². The van der Waals surface area contributed by atoms with Gasteiger partial charge in [-0.1, -0.05) is 352 Å². The van der Waals surface area contributed by atoms with Crippen molar-refractivity contribution < 1.29 is 15.0 Å². The van der Waals surface area contributed by atoms with E-state index < -0.39 is 12.1 Å². The molecule has 0 aromatic carbocycles. The van der Waals surface area contributed by atoms with Crippen LogP contribution in [-0.4, -0.2) is 34.9 Å². The van der Waals surface area contributed by atoms with Crippen LogP contribution in [0.3, 0.4) is 0 Å². The van der Waals surface area contributed by atoms with E-state index in [0.717, 1.165) is 32.1 Å². The van der Waals surface area contributed by atoms with E-state index in [-0.39, 0.29) is 12.5 Å². The van der Waals surface area contributed by atoms with Crippen molar-refractivity contribution in [3.8, 4) is 0 Å². The normalized spacial score (nSPS) is 12.9. The summed E-state index contributed by atoms with van der Waals surface area (Å²) in [5.41, 5.74) is 0. The summed E-state index contributed by atoms with van der Waals surface area (Å²) in [6.45, 7) is 4.35. The molecule has 72 heavy (non-hydrogen) atoms. The second kappa shape index (κ2) is 63.9. The monoisotopic (exact) mass is 1010 g/mol. The summed E-state index contributed by atoms with van der Waals surface area (Å²) in [6.07, 6.45) is 87.9. The third-order valence-electron chi connectivity index (χ3n) is 15.6. The van der Waals surface area contributed by atoms with Crippen LogP contribution in [0.15, 0.2) is 36.5 Å². The molecule has 0 aliphatic carbocycles. The fraction of sp³-hybridized carbons (Fsp3) is 0.897. The first-order chi connectivity index (χ1) is 35.7. The minimum Gasteiger partial charge on any atom is -0.394 e. The van der Waals surface area contributed by atoms with Crippen LogP contribution in [0.4, 0.5) is 0 Å². The highest BCUT2D eigenvalue weighted by atomic mass is 16.3. The Labute approximate surface area is 452 Å². The molecule has 1 amide bonds. The number of hydrogen-bond donors (Lipinski definition) is 3. The Bertz CT molecular complexity index is 1100. The third-order valence-corrected chi connectivity index (χ3v) is 15.6. The zero-order valence-corrected chi connectivity index (χ0v) is 49.2. The number of unbranched alkanes of at least 4 members (excludes halogenated alkanes) is 51. The Morgan fingerprint density at radius 2 is 0.569 bits per heavy atom. The first kappa shape index (κ1) is 70.6. The van der Waals surface area contributed by atoms with Gasteiger partial charge < -0.3 is 15.5 Å². The van der Waals surface area contributed by atoms with Gasteiger partial charge in [-0.25, -0.2) is 0 Å². The molecule has 0 rings (SSSR count). The topological polar surface area (TPSA) is 69.6 Å². The van der Waals surface area contributed by atoms with E-state index in [1.165, 1.54) is 321 Å². The van der Waals surface area contributed by atoms with Crippen molar-refractivity contribution in [3.05, 3.63) is 36.5 Å². The molecule has 0 saturated carbocycles. The number of amides is 1. The van der Waals surface area contributed by atoms with E-state index >= 15 is 0 Å². The van der Waals surface area contributed by atoms with Gasteiger partial charge >= 0.3 is 0 Å². The van der Waals surface area contributed by atoms with Gasteiger partial charge in [0.2, 0.25) is 5.91 Å². The number of allylic oxidation sites excluding steroid dienone is 5. The quantitative estimate of drug-likeness (QED) is 0.0420. The molecule has 3 N–H and O–H groups in total. The van der Waals surface area contributed by atoms with Crippen molar-refractivity contribution in [1.82, 2.24) is 5.32 Å². The number of hydrogen-bond acceptors (Lipinski definition) is 3. The number of rotatable bonds is 62. The van der Waals surface area contributed by atoms with E-state index in [1.807, 2.05) is 6.08 Å². The molecule has 0 aromatic heterocycles. The standard InChI is InChI=1S/C68H131NO3/c1-3-5-7-9-11-13-15-17-19-21-23-25-26-27-28-29-30-31-32-33-34-35-36-37-38-39-40-41-42-44-46-48-50-52-54-56-58-60-62-64-68(72)69-66(65-70)67(71)63-61-59-57-55-53-51-49-47-45-43-24-22-20-18-16-14-12-10-8-6-4-2/h30-31,33-34,61,63,66-67,70-71H,3-29,32,35-60,62,64-65H2,1-2H3,(H,69,72)/b31-30-,34-33-,63-61+. The van der Waals surface area contributed by atoms with Crippen LogP contribution in [0.25, 0.3) is 0 Å². The van der Waals surface area contributed by atoms with Crippen molar-refractivity contribution >= 4 is 5.91 Å². The molecule has 0 aliphatic rings. The number of aliphatic hydroxyl groups is 2. The summed E-state index contributed by atoms with van der Waals surface area (Å²) < 4.78 is 0. The number of nitrogens with one attached hydrogen (secondary N) is 1. The first-order valence-electron chi connectivity index (χ1n) is 33.2. The lowest BCUT2D eigenvalue weighted by Crippen LogP contribution is -2.45. The Hall–Kier alpha value is -1.39. The zero-order chi connectivity index (χ0) is 52.0. The fourth-order valence-corrected chi connectivity index (χ4v) is 10.6. The van der Waals surface area contributed by atoms with Gasteiger partial charge in [-0.2, -0.15) is 0 Å². The van der Waals surface area contributed by atoms with Gasteiger partial charge in [0, 0.05) is 6.42 Å².